The summed E-state index contributed by atoms with van der Waals surface area (Å²) in [6.45, 7) is 10.9. The highest BCUT2D eigenvalue weighted by molar-refractivity contribution is 5.64. The summed E-state index contributed by atoms with van der Waals surface area (Å²) in [6, 6.07) is 5.35. The number of hydrogen-bond donors (Lipinski definition) is 0. The lowest BCUT2D eigenvalue weighted by molar-refractivity contribution is -0.385. The Morgan fingerprint density at radius 3 is 2.29 bits per heavy atom. The van der Waals surface area contributed by atoms with Crippen LogP contribution in [0.25, 0.3) is 0 Å². The molecular weight excluding hydrogens is 356 g/mol. The summed E-state index contributed by atoms with van der Waals surface area (Å²) in [5.74, 6) is 0.348. The molecule has 28 heavy (non-hydrogen) atoms. The molecule has 0 amide bonds. The van der Waals surface area contributed by atoms with Gasteiger partial charge in [0.05, 0.1) is 12.0 Å². The number of piperidine rings is 1. The van der Waals surface area contributed by atoms with Gasteiger partial charge in [-0.3, -0.25) is 19.9 Å². The lowest BCUT2D eigenvalue weighted by Crippen LogP contribution is -2.59. The van der Waals surface area contributed by atoms with Crippen LogP contribution in [0, 0.1) is 10.1 Å². The molecule has 0 spiro atoms. The lowest BCUT2D eigenvalue weighted by Gasteiger charge is -2.48. The van der Waals surface area contributed by atoms with Gasteiger partial charge in [-0.25, -0.2) is 0 Å². The number of benzene rings is 1. The fourth-order valence-corrected chi connectivity index (χ4v) is 4.70. The highest BCUT2D eigenvalue weighted by Crippen LogP contribution is 2.36. The fourth-order valence-electron chi connectivity index (χ4n) is 4.70. The molecule has 156 valence electrons. The first kappa shape index (κ1) is 20.9. The number of aryl methyl sites for hydroxylation is 1. The monoisotopic (exact) mass is 390 g/mol. The van der Waals surface area contributed by atoms with Gasteiger partial charge in [0.25, 0.3) is 0 Å². The molecule has 2 saturated heterocycles. The van der Waals surface area contributed by atoms with Gasteiger partial charge in [-0.05, 0) is 45.7 Å². The maximum absolute atomic E-state index is 11.3. The van der Waals surface area contributed by atoms with E-state index in [-0.39, 0.29) is 10.6 Å². The molecule has 7 heteroatoms. The summed E-state index contributed by atoms with van der Waals surface area (Å²) in [5, 5.41) is 11.3. The number of hydrogen-bond acceptors (Lipinski definition) is 6. The highest BCUT2D eigenvalue weighted by atomic mass is 16.6. The van der Waals surface area contributed by atoms with E-state index in [1.807, 2.05) is 6.07 Å². The Balaban J connectivity index is 1.72. The average molecular weight is 391 g/mol. The van der Waals surface area contributed by atoms with Crippen molar-refractivity contribution in [2.24, 2.45) is 0 Å². The number of nitro benzene ring substituents is 1. The van der Waals surface area contributed by atoms with Crippen LogP contribution < -0.4 is 9.64 Å². The second-order valence-electron chi connectivity index (χ2n) is 8.30. The minimum atomic E-state index is -0.357. The van der Waals surface area contributed by atoms with Crippen LogP contribution >= 0.6 is 0 Å². The predicted molar refractivity (Wildman–Crippen MR) is 113 cm³/mol. The van der Waals surface area contributed by atoms with E-state index in [9.17, 15) is 10.1 Å². The van der Waals surface area contributed by atoms with Crippen LogP contribution in [-0.2, 0) is 6.42 Å². The summed E-state index contributed by atoms with van der Waals surface area (Å²) in [4.78, 5) is 18.5. The van der Waals surface area contributed by atoms with E-state index < -0.39 is 0 Å². The molecule has 2 aliphatic heterocycles. The Morgan fingerprint density at radius 1 is 1.18 bits per heavy atom. The molecule has 0 unspecified atom stereocenters. The molecule has 0 saturated carbocycles. The van der Waals surface area contributed by atoms with Gasteiger partial charge >= 0.3 is 5.69 Å². The van der Waals surface area contributed by atoms with Crippen molar-refractivity contribution in [1.29, 1.82) is 0 Å². The minimum absolute atomic E-state index is 0.0541. The molecule has 2 fully saturated rings. The molecule has 2 heterocycles. The molecule has 0 aromatic heterocycles. The summed E-state index contributed by atoms with van der Waals surface area (Å²) in [7, 11) is 3.73. The van der Waals surface area contributed by atoms with Gasteiger partial charge in [0.15, 0.2) is 5.75 Å². The van der Waals surface area contributed by atoms with E-state index >= 15 is 0 Å². The van der Waals surface area contributed by atoms with E-state index in [1.165, 1.54) is 7.11 Å². The second kappa shape index (κ2) is 8.66. The Hall–Kier alpha value is -1.86. The number of ether oxygens (including phenoxy) is 1. The average Bonchev–Trinajstić information content (AvgIpc) is 2.70. The van der Waals surface area contributed by atoms with Crippen molar-refractivity contribution in [3.05, 3.63) is 27.8 Å². The number of piperazine rings is 1. The zero-order valence-corrected chi connectivity index (χ0v) is 17.9. The van der Waals surface area contributed by atoms with E-state index in [1.54, 1.807) is 6.07 Å². The molecule has 1 aromatic carbocycles. The van der Waals surface area contributed by atoms with Crippen LogP contribution in [0.15, 0.2) is 12.1 Å². The van der Waals surface area contributed by atoms with Crippen molar-refractivity contribution < 1.29 is 9.66 Å². The predicted octanol–water partition coefficient (Wildman–Crippen LogP) is 3.16. The summed E-state index contributed by atoms with van der Waals surface area (Å²) in [6.07, 6.45) is 3.03. The maximum Gasteiger partial charge on any atom is 0.311 e. The first-order valence-electron chi connectivity index (χ1n) is 10.4. The van der Waals surface area contributed by atoms with Gasteiger partial charge in [0.1, 0.15) is 0 Å². The normalized spacial score (nSPS) is 25.1. The number of anilines is 1. The molecule has 0 aliphatic carbocycles. The van der Waals surface area contributed by atoms with Gasteiger partial charge in [0, 0.05) is 62.1 Å². The standard InChI is InChI=1S/C21H34N4O3/c1-6-17-11-20(25(26)27)21(28-5)12-19(17)23-9-7-18(8-10-23)24-13-15(2)22(4)16(3)14-24/h11-12,15-16,18H,6-10,13-14H2,1-5H3/t15-,16+. The van der Waals surface area contributed by atoms with Crippen molar-refractivity contribution in [3.8, 4) is 5.75 Å². The summed E-state index contributed by atoms with van der Waals surface area (Å²) >= 11 is 0. The lowest BCUT2D eigenvalue weighted by atomic mass is 9.97. The van der Waals surface area contributed by atoms with Crippen LogP contribution in [0.5, 0.6) is 5.75 Å². The third-order valence-electron chi connectivity index (χ3n) is 6.67. The van der Waals surface area contributed by atoms with Gasteiger partial charge in [0.2, 0.25) is 0 Å². The van der Waals surface area contributed by atoms with Crippen molar-refractivity contribution in [2.45, 2.75) is 58.2 Å². The largest absolute Gasteiger partial charge is 0.490 e. The third kappa shape index (κ3) is 4.10. The van der Waals surface area contributed by atoms with Gasteiger partial charge in [-0.2, -0.15) is 0 Å². The molecule has 1 aromatic rings. The number of nitrogens with zero attached hydrogens (tertiary/aromatic N) is 4. The molecule has 0 bridgehead atoms. The smallest absolute Gasteiger partial charge is 0.311 e. The number of nitro groups is 1. The highest BCUT2D eigenvalue weighted by Gasteiger charge is 2.33. The first-order valence-corrected chi connectivity index (χ1v) is 10.4. The molecule has 2 aliphatic rings. The number of rotatable bonds is 5. The van der Waals surface area contributed by atoms with Gasteiger partial charge in [-0.15, -0.1) is 0 Å². The molecule has 0 radical (unpaired) electrons. The quantitative estimate of drug-likeness (QED) is 0.568. The zero-order valence-electron chi connectivity index (χ0n) is 17.9. The molecular formula is C21H34N4O3. The van der Waals surface area contributed by atoms with Gasteiger partial charge < -0.3 is 9.64 Å². The van der Waals surface area contributed by atoms with Crippen LogP contribution in [0.2, 0.25) is 0 Å². The van der Waals surface area contributed by atoms with Crippen LogP contribution in [0.3, 0.4) is 0 Å². The Kier molecular flexibility index (Phi) is 6.45. The Labute approximate surface area is 168 Å². The van der Waals surface area contributed by atoms with E-state index in [0.717, 1.165) is 56.7 Å². The Morgan fingerprint density at radius 2 is 1.79 bits per heavy atom. The van der Waals surface area contributed by atoms with E-state index in [4.69, 9.17) is 4.74 Å². The first-order chi connectivity index (χ1) is 13.3. The molecule has 0 N–H and O–H groups in total. The van der Waals surface area contributed by atoms with Gasteiger partial charge in [-0.1, -0.05) is 6.92 Å². The fraction of sp³-hybridized carbons (Fsp3) is 0.714. The molecule has 7 nitrogen and oxygen atoms in total. The van der Waals surface area contributed by atoms with Crippen molar-refractivity contribution >= 4 is 11.4 Å². The molecule has 3 rings (SSSR count). The van der Waals surface area contributed by atoms with Crippen molar-refractivity contribution in [1.82, 2.24) is 9.80 Å². The minimum Gasteiger partial charge on any atom is -0.490 e. The number of likely N-dealkylation sites (N-methyl/N-ethyl adjacent to an activating group) is 1. The third-order valence-corrected chi connectivity index (χ3v) is 6.67. The molecule has 2 atom stereocenters. The van der Waals surface area contributed by atoms with Crippen LogP contribution in [0.1, 0.15) is 39.2 Å². The number of methoxy groups -OCH3 is 1. The SMILES string of the molecule is CCc1cc([N+](=O)[O-])c(OC)cc1N1CCC(N2C[C@@H](C)N(C)[C@@H](C)C2)CC1. The van der Waals surface area contributed by atoms with Crippen LogP contribution in [0.4, 0.5) is 11.4 Å². The summed E-state index contributed by atoms with van der Waals surface area (Å²) < 4.78 is 5.31. The topological polar surface area (TPSA) is 62.1 Å². The van der Waals surface area contributed by atoms with Crippen molar-refractivity contribution in [3.63, 3.8) is 0 Å². The Bertz CT molecular complexity index is 691. The van der Waals surface area contributed by atoms with Crippen LogP contribution in [-0.4, -0.2) is 73.2 Å². The summed E-state index contributed by atoms with van der Waals surface area (Å²) in [5.41, 5.74) is 2.16. The van der Waals surface area contributed by atoms with Crippen molar-refractivity contribution in [2.75, 3.05) is 45.2 Å². The maximum atomic E-state index is 11.3. The second-order valence-corrected chi connectivity index (χ2v) is 8.30. The van der Waals surface area contributed by atoms with E-state index in [2.05, 4.69) is 42.5 Å². The van der Waals surface area contributed by atoms with E-state index in [0.29, 0.717) is 23.9 Å². The zero-order chi connectivity index (χ0) is 20.4.